The van der Waals surface area contributed by atoms with Gasteiger partial charge in [0.05, 0.1) is 0 Å². The highest BCUT2D eigenvalue weighted by Crippen LogP contribution is 2.18. The van der Waals surface area contributed by atoms with Gasteiger partial charge in [-0.05, 0) is 45.0 Å². The van der Waals surface area contributed by atoms with Gasteiger partial charge in [-0.1, -0.05) is 11.6 Å². The number of rotatable bonds is 4. The first-order chi connectivity index (χ1) is 9.94. The predicted molar refractivity (Wildman–Crippen MR) is 84.1 cm³/mol. The predicted octanol–water partition coefficient (Wildman–Crippen LogP) is 3.32. The first kappa shape index (κ1) is 15.3. The highest BCUT2D eigenvalue weighted by Gasteiger charge is 2.11. The molecule has 5 nitrogen and oxygen atoms in total. The summed E-state index contributed by atoms with van der Waals surface area (Å²) >= 11 is 5.85. The van der Waals surface area contributed by atoms with Gasteiger partial charge >= 0.3 is 0 Å². The van der Waals surface area contributed by atoms with Crippen molar-refractivity contribution >= 4 is 29.0 Å². The van der Waals surface area contributed by atoms with Crippen LogP contribution in [0.25, 0.3) is 0 Å². The zero-order valence-corrected chi connectivity index (χ0v) is 12.9. The molecule has 0 unspecified atom stereocenters. The Morgan fingerprint density at radius 2 is 1.86 bits per heavy atom. The van der Waals surface area contributed by atoms with E-state index in [1.54, 1.807) is 25.1 Å². The highest BCUT2D eigenvalue weighted by atomic mass is 35.5. The molecule has 1 heterocycles. The third kappa shape index (κ3) is 4.43. The summed E-state index contributed by atoms with van der Waals surface area (Å²) < 4.78 is 0. The number of benzene rings is 1. The molecule has 6 heteroatoms. The summed E-state index contributed by atoms with van der Waals surface area (Å²) in [5, 5.41) is 6.60. The number of halogens is 1. The van der Waals surface area contributed by atoms with Crippen LogP contribution in [-0.2, 0) is 0 Å². The van der Waals surface area contributed by atoms with Crippen molar-refractivity contribution in [2.75, 3.05) is 5.32 Å². The van der Waals surface area contributed by atoms with Gasteiger partial charge in [-0.15, -0.1) is 0 Å². The summed E-state index contributed by atoms with van der Waals surface area (Å²) in [6, 6.07) is 8.93. The van der Waals surface area contributed by atoms with Crippen molar-refractivity contribution in [3.63, 3.8) is 0 Å². The molecule has 0 fully saturated rings. The lowest BCUT2D eigenvalue weighted by Gasteiger charge is -2.10. The zero-order chi connectivity index (χ0) is 15.4. The number of hydrogen-bond acceptors (Lipinski definition) is 4. The van der Waals surface area contributed by atoms with E-state index in [2.05, 4.69) is 20.6 Å². The number of nitrogens with one attached hydrogen (secondary N) is 2. The Balaban J connectivity index is 2.22. The number of nitrogens with zero attached hydrogens (tertiary/aromatic N) is 2. The van der Waals surface area contributed by atoms with Gasteiger partial charge in [-0.3, -0.25) is 4.79 Å². The maximum absolute atomic E-state index is 12.0. The molecule has 1 amide bonds. The molecule has 0 radical (unpaired) electrons. The van der Waals surface area contributed by atoms with Gasteiger partial charge in [0.1, 0.15) is 17.3 Å². The maximum Gasteiger partial charge on any atom is 0.270 e. The van der Waals surface area contributed by atoms with Crippen LogP contribution in [0.5, 0.6) is 0 Å². The number of anilines is 2. The van der Waals surface area contributed by atoms with Crippen molar-refractivity contribution in [3.05, 3.63) is 46.9 Å². The first-order valence-electron chi connectivity index (χ1n) is 6.63. The zero-order valence-electron chi connectivity index (χ0n) is 12.1. The second kappa shape index (κ2) is 6.54. The molecular weight excluding hydrogens is 288 g/mol. The lowest BCUT2D eigenvalue weighted by molar-refractivity contribution is 0.0937. The van der Waals surface area contributed by atoms with Crippen molar-refractivity contribution in [1.29, 1.82) is 0 Å². The van der Waals surface area contributed by atoms with E-state index >= 15 is 0 Å². The fourth-order valence-corrected chi connectivity index (χ4v) is 1.89. The average Bonchev–Trinajstić information content (AvgIpc) is 2.40. The molecule has 0 saturated heterocycles. The van der Waals surface area contributed by atoms with E-state index in [1.165, 1.54) is 0 Å². The normalized spacial score (nSPS) is 10.5. The topological polar surface area (TPSA) is 66.9 Å². The van der Waals surface area contributed by atoms with Crippen LogP contribution >= 0.6 is 11.6 Å². The van der Waals surface area contributed by atoms with E-state index in [4.69, 9.17) is 11.6 Å². The fourth-order valence-electron chi connectivity index (χ4n) is 1.77. The van der Waals surface area contributed by atoms with Crippen LogP contribution in [0.3, 0.4) is 0 Å². The average molecular weight is 305 g/mol. The smallest absolute Gasteiger partial charge is 0.270 e. The van der Waals surface area contributed by atoms with Gasteiger partial charge in [-0.25, -0.2) is 9.97 Å². The number of aromatic nitrogens is 2. The largest absolute Gasteiger partial charge is 0.349 e. The summed E-state index contributed by atoms with van der Waals surface area (Å²) in [6.45, 7) is 5.55. The molecule has 0 saturated carbocycles. The standard InChI is InChI=1S/C15H17ClN4O/c1-9(2)17-15(21)13-8-14(19-10(3)18-13)20-12-6-4-11(16)5-7-12/h4-9H,1-3H3,(H,17,21)(H,18,19,20). The second-order valence-corrected chi connectivity index (χ2v) is 5.38. The molecule has 2 aromatic rings. The lowest BCUT2D eigenvalue weighted by Crippen LogP contribution is -2.31. The van der Waals surface area contributed by atoms with Gasteiger partial charge in [0.15, 0.2) is 0 Å². The van der Waals surface area contributed by atoms with E-state index in [1.807, 2.05) is 26.0 Å². The summed E-state index contributed by atoms with van der Waals surface area (Å²) in [7, 11) is 0. The molecule has 0 aliphatic carbocycles. The van der Waals surface area contributed by atoms with Gasteiger partial charge in [0, 0.05) is 22.8 Å². The molecule has 0 aliphatic heterocycles. The summed E-state index contributed by atoms with van der Waals surface area (Å²) in [5.74, 6) is 0.885. The Kier molecular flexibility index (Phi) is 4.75. The Morgan fingerprint density at radius 1 is 1.19 bits per heavy atom. The van der Waals surface area contributed by atoms with Crippen LogP contribution in [0.15, 0.2) is 30.3 Å². The van der Waals surface area contributed by atoms with E-state index in [0.29, 0.717) is 22.4 Å². The van der Waals surface area contributed by atoms with Crippen LogP contribution in [0.2, 0.25) is 5.02 Å². The molecule has 1 aromatic heterocycles. The molecule has 0 bridgehead atoms. The SMILES string of the molecule is Cc1nc(Nc2ccc(Cl)cc2)cc(C(=O)NC(C)C)n1. The molecule has 0 atom stereocenters. The van der Waals surface area contributed by atoms with Gasteiger partial charge in [-0.2, -0.15) is 0 Å². The minimum Gasteiger partial charge on any atom is -0.349 e. The minimum atomic E-state index is -0.213. The lowest BCUT2D eigenvalue weighted by atomic mass is 10.3. The number of carbonyl (C=O) groups excluding carboxylic acids is 1. The van der Waals surface area contributed by atoms with E-state index in [9.17, 15) is 4.79 Å². The molecule has 110 valence electrons. The molecule has 0 aliphatic rings. The molecule has 21 heavy (non-hydrogen) atoms. The molecular formula is C15H17ClN4O. The summed E-state index contributed by atoms with van der Waals surface area (Å²) in [4.78, 5) is 20.4. The first-order valence-corrected chi connectivity index (χ1v) is 7.01. The Bertz CT molecular complexity index is 641. The molecule has 0 spiro atoms. The van der Waals surface area contributed by atoms with E-state index in [0.717, 1.165) is 5.69 Å². The summed E-state index contributed by atoms with van der Waals surface area (Å²) in [6.07, 6.45) is 0. The number of amides is 1. The van der Waals surface area contributed by atoms with Crippen molar-refractivity contribution in [1.82, 2.24) is 15.3 Å². The Labute approximate surface area is 128 Å². The van der Waals surface area contributed by atoms with Crippen molar-refractivity contribution in [3.8, 4) is 0 Å². The molecule has 2 rings (SSSR count). The minimum absolute atomic E-state index is 0.0560. The van der Waals surface area contributed by atoms with Crippen molar-refractivity contribution in [2.45, 2.75) is 26.8 Å². The van der Waals surface area contributed by atoms with E-state index < -0.39 is 0 Å². The third-order valence-corrected chi connectivity index (χ3v) is 2.86. The van der Waals surface area contributed by atoms with Crippen molar-refractivity contribution in [2.24, 2.45) is 0 Å². The molecule has 2 N–H and O–H groups in total. The highest BCUT2D eigenvalue weighted by molar-refractivity contribution is 6.30. The number of hydrogen-bond donors (Lipinski definition) is 2. The third-order valence-electron chi connectivity index (χ3n) is 2.61. The van der Waals surface area contributed by atoms with Crippen LogP contribution < -0.4 is 10.6 Å². The monoisotopic (exact) mass is 304 g/mol. The summed E-state index contributed by atoms with van der Waals surface area (Å²) in [5.41, 5.74) is 1.18. The molecule has 1 aromatic carbocycles. The van der Waals surface area contributed by atoms with Crippen LogP contribution in [0.1, 0.15) is 30.2 Å². The van der Waals surface area contributed by atoms with Crippen LogP contribution in [-0.4, -0.2) is 21.9 Å². The van der Waals surface area contributed by atoms with Crippen LogP contribution in [0, 0.1) is 6.92 Å². The fraction of sp³-hybridized carbons (Fsp3) is 0.267. The number of aryl methyl sites for hydroxylation is 1. The van der Waals surface area contributed by atoms with Crippen molar-refractivity contribution < 1.29 is 4.79 Å². The van der Waals surface area contributed by atoms with E-state index in [-0.39, 0.29) is 11.9 Å². The van der Waals surface area contributed by atoms with Gasteiger partial charge in [0.25, 0.3) is 5.91 Å². The Hall–Kier alpha value is -2.14. The second-order valence-electron chi connectivity index (χ2n) is 4.95. The van der Waals surface area contributed by atoms with Gasteiger partial charge in [0.2, 0.25) is 0 Å². The Morgan fingerprint density at radius 3 is 2.48 bits per heavy atom. The van der Waals surface area contributed by atoms with Gasteiger partial charge < -0.3 is 10.6 Å². The number of carbonyl (C=O) groups is 1. The maximum atomic E-state index is 12.0. The quantitative estimate of drug-likeness (QED) is 0.909. The van der Waals surface area contributed by atoms with Crippen LogP contribution in [0.4, 0.5) is 11.5 Å².